The predicted octanol–water partition coefficient (Wildman–Crippen LogP) is 0.611. The van der Waals surface area contributed by atoms with Crippen molar-refractivity contribution >= 4 is 0 Å². The second-order valence-electron chi connectivity index (χ2n) is 4.54. The van der Waals surface area contributed by atoms with Gasteiger partial charge in [0.1, 0.15) is 0 Å². The Hall–Kier alpha value is -0.970. The van der Waals surface area contributed by atoms with Crippen LogP contribution in [0.3, 0.4) is 0 Å². The highest BCUT2D eigenvalue weighted by molar-refractivity contribution is 5.04. The van der Waals surface area contributed by atoms with E-state index in [-0.39, 0.29) is 12.5 Å². The van der Waals surface area contributed by atoms with Gasteiger partial charge in [0.05, 0.1) is 6.61 Å². The summed E-state index contributed by atoms with van der Waals surface area (Å²) in [6.45, 7) is 2.65. The number of hydrogen-bond donors (Lipinski definition) is 2. The van der Waals surface area contributed by atoms with Gasteiger partial charge in [0.15, 0.2) is 0 Å². The second-order valence-corrected chi connectivity index (χ2v) is 4.54. The molecular weight excluding hydrogens is 216 g/mol. The molecule has 4 nitrogen and oxygen atoms in total. The van der Waals surface area contributed by atoms with E-state index in [0.29, 0.717) is 6.04 Å². The molecule has 94 valence electrons. The van der Waals surface area contributed by atoms with Gasteiger partial charge in [-0.15, -0.1) is 0 Å². The summed E-state index contributed by atoms with van der Waals surface area (Å²) in [5, 5.41) is 12.8. The maximum absolute atomic E-state index is 9.36. The zero-order valence-corrected chi connectivity index (χ0v) is 10.0. The van der Waals surface area contributed by atoms with Gasteiger partial charge in [-0.05, 0) is 30.9 Å². The Labute approximate surface area is 102 Å². The first-order chi connectivity index (χ1) is 8.38. The minimum atomic E-state index is 0.192. The normalized spacial score (nSPS) is 21.6. The number of aromatic nitrogens is 1. The van der Waals surface area contributed by atoms with E-state index < -0.39 is 0 Å². The summed E-state index contributed by atoms with van der Waals surface area (Å²) in [5.74, 6) is 0.227. The maximum Gasteiger partial charge on any atom is 0.0620 e. The van der Waals surface area contributed by atoms with E-state index >= 15 is 0 Å². The highest BCUT2D eigenvalue weighted by Crippen LogP contribution is 2.08. The van der Waals surface area contributed by atoms with Gasteiger partial charge in [-0.3, -0.25) is 4.98 Å². The number of ether oxygens (including phenoxy) is 1. The van der Waals surface area contributed by atoms with E-state index in [1.54, 1.807) is 6.20 Å². The van der Waals surface area contributed by atoms with Crippen molar-refractivity contribution in [2.75, 3.05) is 26.4 Å². The standard InChI is InChI=1S/C13H20N2O2/c16-9-11(7-12-3-1-2-5-14-12)8-15-13-4-6-17-10-13/h1-3,5,11,13,15-16H,4,6-10H2. The van der Waals surface area contributed by atoms with E-state index in [1.807, 2.05) is 18.2 Å². The zero-order valence-electron chi connectivity index (χ0n) is 10.0. The Morgan fingerprint density at radius 3 is 3.12 bits per heavy atom. The van der Waals surface area contributed by atoms with Crippen molar-refractivity contribution in [2.24, 2.45) is 5.92 Å². The van der Waals surface area contributed by atoms with Gasteiger partial charge in [0, 0.05) is 37.7 Å². The highest BCUT2D eigenvalue weighted by Gasteiger charge is 2.17. The quantitative estimate of drug-likeness (QED) is 0.760. The number of hydrogen-bond acceptors (Lipinski definition) is 4. The molecular formula is C13H20N2O2. The van der Waals surface area contributed by atoms with Crippen molar-refractivity contribution in [3.05, 3.63) is 30.1 Å². The zero-order chi connectivity index (χ0) is 11.9. The summed E-state index contributed by atoms with van der Waals surface area (Å²) in [5.41, 5.74) is 1.04. The third-order valence-corrected chi connectivity index (χ3v) is 3.11. The smallest absolute Gasteiger partial charge is 0.0620 e. The molecule has 0 radical (unpaired) electrons. The Morgan fingerprint density at radius 2 is 2.47 bits per heavy atom. The van der Waals surface area contributed by atoms with Crippen molar-refractivity contribution < 1.29 is 9.84 Å². The van der Waals surface area contributed by atoms with Crippen LogP contribution in [-0.2, 0) is 11.2 Å². The number of aliphatic hydroxyl groups is 1. The lowest BCUT2D eigenvalue weighted by atomic mass is 10.0. The molecule has 2 atom stereocenters. The molecule has 1 saturated heterocycles. The monoisotopic (exact) mass is 236 g/mol. The van der Waals surface area contributed by atoms with Gasteiger partial charge in [0.2, 0.25) is 0 Å². The van der Waals surface area contributed by atoms with Crippen LogP contribution in [0.1, 0.15) is 12.1 Å². The van der Waals surface area contributed by atoms with Crippen LogP contribution < -0.4 is 5.32 Å². The summed E-state index contributed by atoms with van der Waals surface area (Å²) in [7, 11) is 0. The topological polar surface area (TPSA) is 54.4 Å². The van der Waals surface area contributed by atoms with E-state index in [1.165, 1.54) is 0 Å². The van der Waals surface area contributed by atoms with Gasteiger partial charge < -0.3 is 15.2 Å². The SMILES string of the molecule is OCC(CNC1CCOC1)Cc1ccccn1. The van der Waals surface area contributed by atoms with Gasteiger partial charge in [0.25, 0.3) is 0 Å². The van der Waals surface area contributed by atoms with Crippen LogP contribution in [0, 0.1) is 5.92 Å². The van der Waals surface area contributed by atoms with Crippen LogP contribution in [-0.4, -0.2) is 42.5 Å². The minimum Gasteiger partial charge on any atom is -0.396 e. The number of nitrogens with one attached hydrogen (secondary N) is 1. The van der Waals surface area contributed by atoms with E-state index in [0.717, 1.165) is 38.3 Å². The number of nitrogens with zero attached hydrogens (tertiary/aromatic N) is 1. The summed E-state index contributed by atoms with van der Waals surface area (Å²) in [4.78, 5) is 4.28. The molecule has 1 aromatic rings. The second kappa shape index (κ2) is 6.69. The number of rotatable bonds is 6. The predicted molar refractivity (Wildman–Crippen MR) is 65.7 cm³/mol. The Balaban J connectivity index is 1.76. The number of aliphatic hydroxyl groups excluding tert-OH is 1. The first-order valence-electron chi connectivity index (χ1n) is 6.20. The Kier molecular flexibility index (Phi) is 4.91. The van der Waals surface area contributed by atoms with Crippen LogP contribution >= 0.6 is 0 Å². The molecule has 4 heteroatoms. The fourth-order valence-corrected chi connectivity index (χ4v) is 2.04. The van der Waals surface area contributed by atoms with E-state index in [4.69, 9.17) is 4.74 Å². The lowest BCUT2D eigenvalue weighted by Crippen LogP contribution is -2.35. The molecule has 1 aliphatic rings. The molecule has 2 rings (SSSR count). The van der Waals surface area contributed by atoms with Crippen LogP contribution in [0.4, 0.5) is 0 Å². The molecule has 0 spiro atoms. The first kappa shape index (κ1) is 12.5. The lowest BCUT2D eigenvalue weighted by molar-refractivity contribution is 0.184. The largest absolute Gasteiger partial charge is 0.396 e. The van der Waals surface area contributed by atoms with Crippen LogP contribution in [0.25, 0.3) is 0 Å². The third-order valence-electron chi connectivity index (χ3n) is 3.11. The van der Waals surface area contributed by atoms with Gasteiger partial charge in [-0.2, -0.15) is 0 Å². The number of pyridine rings is 1. The molecule has 2 heterocycles. The van der Waals surface area contributed by atoms with Gasteiger partial charge in [-0.25, -0.2) is 0 Å². The first-order valence-corrected chi connectivity index (χ1v) is 6.20. The maximum atomic E-state index is 9.36. The van der Waals surface area contributed by atoms with Crippen molar-refractivity contribution in [1.82, 2.24) is 10.3 Å². The van der Waals surface area contributed by atoms with E-state index in [2.05, 4.69) is 10.3 Å². The van der Waals surface area contributed by atoms with E-state index in [9.17, 15) is 5.11 Å². The fourth-order valence-electron chi connectivity index (χ4n) is 2.04. The summed E-state index contributed by atoms with van der Waals surface area (Å²) >= 11 is 0. The van der Waals surface area contributed by atoms with Crippen molar-refractivity contribution in [3.63, 3.8) is 0 Å². The Morgan fingerprint density at radius 1 is 1.53 bits per heavy atom. The van der Waals surface area contributed by atoms with Crippen molar-refractivity contribution in [2.45, 2.75) is 18.9 Å². The molecule has 0 amide bonds. The average molecular weight is 236 g/mol. The molecule has 1 aromatic heterocycles. The van der Waals surface area contributed by atoms with Crippen LogP contribution in [0.15, 0.2) is 24.4 Å². The van der Waals surface area contributed by atoms with Crippen LogP contribution in [0.2, 0.25) is 0 Å². The molecule has 0 bridgehead atoms. The molecule has 0 aromatic carbocycles. The highest BCUT2D eigenvalue weighted by atomic mass is 16.5. The molecule has 17 heavy (non-hydrogen) atoms. The molecule has 0 aliphatic carbocycles. The van der Waals surface area contributed by atoms with Crippen molar-refractivity contribution in [3.8, 4) is 0 Å². The molecule has 0 saturated carbocycles. The minimum absolute atomic E-state index is 0.192. The summed E-state index contributed by atoms with van der Waals surface area (Å²) < 4.78 is 5.30. The molecule has 1 aliphatic heterocycles. The van der Waals surface area contributed by atoms with Gasteiger partial charge in [-0.1, -0.05) is 6.07 Å². The third kappa shape index (κ3) is 4.07. The van der Waals surface area contributed by atoms with Crippen molar-refractivity contribution in [1.29, 1.82) is 0 Å². The molecule has 1 fully saturated rings. The lowest BCUT2D eigenvalue weighted by Gasteiger charge is -2.17. The summed E-state index contributed by atoms with van der Waals surface area (Å²) in [6.07, 6.45) is 3.68. The van der Waals surface area contributed by atoms with Crippen LogP contribution in [0.5, 0.6) is 0 Å². The summed E-state index contributed by atoms with van der Waals surface area (Å²) in [6, 6.07) is 6.34. The molecule has 2 N–H and O–H groups in total. The molecule has 2 unspecified atom stereocenters. The fraction of sp³-hybridized carbons (Fsp3) is 0.615. The average Bonchev–Trinajstić information content (AvgIpc) is 2.89. The van der Waals surface area contributed by atoms with Gasteiger partial charge >= 0.3 is 0 Å². The Bertz CT molecular complexity index is 312.